The Kier molecular flexibility index (Phi) is 7.36. The SMILES string of the molecule is CN(C)c1cccc2c(SNCCCCCC(=O)NO)cccc12. The highest BCUT2D eigenvalue weighted by molar-refractivity contribution is 7.97. The number of unbranched alkanes of at least 4 members (excludes halogenated alkanes) is 2. The first-order valence-electron chi connectivity index (χ1n) is 8.15. The fourth-order valence-corrected chi connectivity index (χ4v) is 3.42. The fourth-order valence-electron chi connectivity index (χ4n) is 2.59. The molecule has 0 heterocycles. The van der Waals surface area contributed by atoms with E-state index in [1.54, 1.807) is 17.4 Å². The van der Waals surface area contributed by atoms with Crippen molar-refractivity contribution in [2.75, 3.05) is 25.5 Å². The van der Waals surface area contributed by atoms with Gasteiger partial charge in [-0.3, -0.25) is 14.7 Å². The van der Waals surface area contributed by atoms with E-state index in [0.29, 0.717) is 6.42 Å². The van der Waals surface area contributed by atoms with Gasteiger partial charge in [0, 0.05) is 43.0 Å². The van der Waals surface area contributed by atoms with E-state index in [1.807, 2.05) is 0 Å². The van der Waals surface area contributed by atoms with Crippen LogP contribution in [-0.2, 0) is 4.79 Å². The summed E-state index contributed by atoms with van der Waals surface area (Å²) in [6, 6.07) is 12.7. The number of hydroxylamine groups is 1. The van der Waals surface area contributed by atoms with E-state index < -0.39 is 0 Å². The van der Waals surface area contributed by atoms with Crippen LogP contribution >= 0.6 is 11.9 Å². The third kappa shape index (κ3) is 5.12. The third-order valence-electron chi connectivity index (χ3n) is 3.83. The number of hydrogen-bond acceptors (Lipinski definition) is 5. The Morgan fingerprint density at radius 1 is 1.08 bits per heavy atom. The molecule has 0 saturated heterocycles. The van der Waals surface area contributed by atoms with Crippen LogP contribution in [0.4, 0.5) is 5.69 Å². The minimum absolute atomic E-state index is 0.315. The summed E-state index contributed by atoms with van der Waals surface area (Å²) in [7, 11) is 4.12. The summed E-state index contributed by atoms with van der Waals surface area (Å²) in [6.45, 7) is 0.884. The molecule has 3 N–H and O–H groups in total. The third-order valence-corrected chi connectivity index (χ3v) is 4.75. The maximum atomic E-state index is 10.9. The number of carbonyl (C=O) groups excluding carboxylic acids is 1. The highest BCUT2D eigenvalue weighted by Gasteiger charge is 2.06. The van der Waals surface area contributed by atoms with Crippen LogP contribution in [0.5, 0.6) is 0 Å². The highest BCUT2D eigenvalue weighted by atomic mass is 32.2. The van der Waals surface area contributed by atoms with Gasteiger partial charge >= 0.3 is 0 Å². The average molecular weight is 347 g/mol. The maximum Gasteiger partial charge on any atom is 0.243 e. The number of fused-ring (bicyclic) bond motifs is 1. The monoisotopic (exact) mass is 347 g/mol. The van der Waals surface area contributed by atoms with Gasteiger partial charge in [-0.25, -0.2) is 5.48 Å². The maximum absolute atomic E-state index is 10.9. The summed E-state index contributed by atoms with van der Waals surface area (Å²) in [6.07, 6.45) is 3.13. The molecule has 0 aliphatic heterocycles. The number of anilines is 1. The van der Waals surface area contributed by atoms with Crippen LogP contribution in [0.15, 0.2) is 41.3 Å². The summed E-state index contributed by atoms with van der Waals surface area (Å²) in [4.78, 5) is 14.3. The van der Waals surface area contributed by atoms with Crippen molar-refractivity contribution >= 4 is 34.3 Å². The van der Waals surface area contributed by atoms with Gasteiger partial charge in [0.05, 0.1) is 0 Å². The van der Waals surface area contributed by atoms with Gasteiger partial charge in [-0.2, -0.15) is 0 Å². The van der Waals surface area contributed by atoms with Gasteiger partial charge < -0.3 is 4.90 Å². The zero-order valence-corrected chi connectivity index (χ0v) is 15.0. The van der Waals surface area contributed by atoms with Crippen LogP contribution in [0.1, 0.15) is 25.7 Å². The van der Waals surface area contributed by atoms with Crippen molar-refractivity contribution in [1.82, 2.24) is 10.2 Å². The number of carbonyl (C=O) groups is 1. The predicted molar refractivity (Wildman–Crippen MR) is 101 cm³/mol. The molecule has 130 valence electrons. The number of nitrogens with zero attached hydrogens (tertiary/aromatic N) is 1. The average Bonchev–Trinajstić information content (AvgIpc) is 2.60. The lowest BCUT2D eigenvalue weighted by molar-refractivity contribution is -0.129. The topological polar surface area (TPSA) is 64.6 Å². The van der Waals surface area contributed by atoms with Gasteiger partial charge in [0.2, 0.25) is 5.91 Å². The Hall–Kier alpha value is -1.76. The zero-order valence-electron chi connectivity index (χ0n) is 14.2. The van der Waals surface area contributed by atoms with E-state index in [9.17, 15) is 4.79 Å². The molecule has 2 rings (SSSR count). The van der Waals surface area contributed by atoms with Crippen LogP contribution in [0.2, 0.25) is 0 Å². The quantitative estimate of drug-likeness (QED) is 0.280. The second-order valence-corrected chi connectivity index (χ2v) is 6.80. The molecular weight excluding hydrogens is 322 g/mol. The summed E-state index contributed by atoms with van der Waals surface area (Å²) < 4.78 is 3.40. The van der Waals surface area contributed by atoms with E-state index >= 15 is 0 Å². The van der Waals surface area contributed by atoms with E-state index in [1.165, 1.54) is 21.4 Å². The Labute approximate surface area is 147 Å². The summed E-state index contributed by atoms with van der Waals surface area (Å²) in [5.41, 5.74) is 2.88. The van der Waals surface area contributed by atoms with E-state index in [-0.39, 0.29) is 5.91 Å². The molecule has 5 nitrogen and oxygen atoms in total. The lowest BCUT2D eigenvalue weighted by Crippen LogP contribution is -2.17. The molecule has 0 bridgehead atoms. The van der Waals surface area contributed by atoms with Crippen molar-refractivity contribution in [3.63, 3.8) is 0 Å². The van der Waals surface area contributed by atoms with Crippen molar-refractivity contribution in [2.45, 2.75) is 30.6 Å². The van der Waals surface area contributed by atoms with Gasteiger partial charge in [0.25, 0.3) is 0 Å². The normalized spacial score (nSPS) is 10.8. The molecule has 2 aromatic carbocycles. The first kappa shape index (κ1) is 18.6. The Morgan fingerprint density at radius 2 is 1.83 bits per heavy atom. The van der Waals surface area contributed by atoms with Crippen LogP contribution in [0.3, 0.4) is 0 Å². The van der Waals surface area contributed by atoms with Crippen molar-refractivity contribution in [3.8, 4) is 0 Å². The molecule has 0 atom stereocenters. The summed E-state index contributed by atoms with van der Waals surface area (Å²) in [5.74, 6) is -0.315. The number of hydrogen-bond donors (Lipinski definition) is 3. The van der Waals surface area contributed by atoms with Gasteiger partial charge in [0.1, 0.15) is 0 Å². The molecule has 0 unspecified atom stereocenters. The molecule has 0 aliphatic rings. The summed E-state index contributed by atoms with van der Waals surface area (Å²) in [5, 5.41) is 10.9. The zero-order chi connectivity index (χ0) is 17.4. The number of rotatable bonds is 9. The lowest BCUT2D eigenvalue weighted by Gasteiger charge is -2.16. The minimum atomic E-state index is -0.315. The molecule has 0 saturated carbocycles. The molecule has 0 aliphatic carbocycles. The first-order valence-corrected chi connectivity index (χ1v) is 8.97. The molecule has 0 spiro atoms. The number of benzene rings is 2. The largest absolute Gasteiger partial charge is 0.377 e. The Bertz CT molecular complexity index is 676. The molecule has 0 aromatic heterocycles. The second-order valence-electron chi connectivity index (χ2n) is 5.86. The highest BCUT2D eigenvalue weighted by Crippen LogP contribution is 2.31. The lowest BCUT2D eigenvalue weighted by atomic mass is 10.1. The Morgan fingerprint density at radius 3 is 2.58 bits per heavy atom. The van der Waals surface area contributed by atoms with Crippen LogP contribution in [-0.4, -0.2) is 31.8 Å². The molecule has 2 aromatic rings. The van der Waals surface area contributed by atoms with Crippen LogP contribution < -0.4 is 15.1 Å². The minimum Gasteiger partial charge on any atom is -0.377 e. The molecule has 24 heavy (non-hydrogen) atoms. The molecule has 0 radical (unpaired) electrons. The first-order chi connectivity index (χ1) is 11.6. The van der Waals surface area contributed by atoms with Crippen molar-refractivity contribution < 1.29 is 10.0 Å². The van der Waals surface area contributed by atoms with Crippen LogP contribution in [0, 0.1) is 0 Å². The van der Waals surface area contributed by atoms with Gasteiger partial charge in [-0.15, -0.1) is 0 Å². The van der Waals surface area contributed by atoms with E-state index in [4.69, 9.17) is 5.21 Å². The molecule has 6 heteroatoms. The van der Waals surface area contributed by atoms with Gasteiger partial charge in [-0.1, -0.05) is 30.7 Å². The summed E-state index contributed by atoms with van der Waals surface area (Å²) >= 11 is 1.65. The smallest absolute Gasteiger partial charge is 0.243 e. The Balaban J connectivity index is 1.85. The predicted octanol–water partition coefficient (Wildman–Crippen LogP) is 3.57. The van der Waals surface area contributed by atoms with E-state index in [0.717, 1.165) is 25.8 Å². The van der Waals surface area contributed by atoms with Crippen molar-refractivity contribution in [1.29, 1.82) is 0 Å². The van der Waals surface area contributed by atoms with Crippen molar-refractivity contribution in [3.05, 3.63) is 36.4 Å². The van der Waals surface area contributed by atoms with Crippen LogP contribution in [0.25, 0.3) is 10.8 Å². The fraction of sp³-hybridized carbons (Fsp3) is 0.389. The van der Waals surface area contributed by atoms with Crippen molar-refractivity contribution in [2.24, 2.45) is 0 Å². The standard InChI is InChI=1S/C18H25N3O2S/c1-21(2)16-10-6-9-15-14(16)8-7-11-17(15)24-19-13-5-3-4-12-18(22)20-23/h6-11,19,23H,3-5,12-13H2,1-2H3,(H,20,22). The van der Waals surface area contributed by atoms with Gasteiger partial charge in [0.15, 0.2) is 0 Å². The molecule has 0 fully saturated rings. The number of nitrogens with one attached hydrogen (secondary N) is 2. The second kappa shape index (κ2) is 9.52. The molecule has 1 amide bonds. The van der Waals surface area contributed by atoms with E-state index in [2.05, 4.69) is 60.1 Å². The molecular formula is C18H25N3O2S. The van der Waals surface area contributed by atoms with Gasteiger partial charge in [-0.05, 0) is 42.3 Å². The number of amides is 1.